The van der Waals surface area contributed by atoms with Crippen LogP contribution in [-0.4, -0.2) is 18.4 Å². The van der Waals surface area contributed by atoms with Crippen LogP contribution in [0.4, 0.5) is 0 Å². The van der Waals surface area contributed by atoms with Gasteiger partial charge in [0, 0.05) is 12.8 Å². The van der Waals surface area contributed by atoms with Gasteiger partial charge in [0.05, 0.1) is 0 Å². The first-order valence-corrected chi connectivity index (χ1v) is 9.45. The lowest BCUT2D eigenvalue weighted by Gasteiger charge is -2.35. The summed E-state index contributed by atoms with van der Waals surface area (Å²) in [6, 6.07) is 0. The Balaban J connectivity index is 2.43. The molecule has 0 amide bonds. The van der Waals surface area contributed by atoms with E-state index in [9.17, 15) is 9.59 Å². The molecular formula is C22H32O3. The van der Waals surface area contributed by atoms with Crippen molar-refractivity contribution >= 4 is 12.3 Å². The molecule has 0 saturated carbocycles. The molecule has 0 aromatic carbocycles. The standard InChI is InChI=1S/C22H32O3/c1-15(2)19-10-12-22(5)11-9-18(14-23)8-6-7-16(3)21(13-20(19)22)25-17(4)24/h7,9-11,14-15,18,20-21H,6,8,12-13H2,1-5H3/b11-9+,16-7+/t18?,20-,21+,22-/m1/s1. The number of carbonyl (C=O) groups is 2. The molecule has 0 N–H and O–H groups in total. The molecule has 0 radical (unpaired) electrons. The van der Waals surface area contributed by atoms with Gasteiger partial charge in [-0.05, 0) is 55.4 Å². The van der Waals surface area contributed by atoms with Gasteiger partial charge in [-0.25, -0.2) is 0 Å². The van der Waals surface area contributed by atoms with Gasteiger partial charge in [0.15, 0.2) is 0 Å². The fourth-order valence-electron chi connectivity index (χ4n) is 4.16. The minimum Gasteiger partial charge on any atom is -0.458 e. The highest BCUT2D eigenvalue weighted by molar-refractivity contribution is 5.66. The minimum atomic E-state index is -0.233. The fraction of sp³-hybridized carbons (Fsp3) is 0.636. The van der Waals surface area contributed by atoms with E-state index in [-0.39, 0.29) is 23.4 Å². The molecule has 25 heavy (non-hydrogen) atoms. The van der Waals surface area contributed by atoms with Crippen LogP contribution in [0.3, 0.4) is 0 Å². The average Bonchev–Trinajstić information content (AvgIpc) is 2.85. The Kier molecular flexibility index (Phi) is 6.42. The first-order valence-electron chi connectivity index (χ1n) is 9.45. The van der Waals surface area contributed by atoms with Crippen LogP contribution in [0.1, 0.15) is 60.3 Å². The van der Waals surface area contributed by atoms with Crippen molar-refractivity contribution in [3.05, 3.63) is 35.5 Å². The summed E-state index contributed by atoms with van der Waals surface area (Å²) in [5, 5.41) is 0. The molecule has 3 nitrogen and oxygen atoms in total. The zero-order chi connectivity index (χ0) is 18.6. The summed E-state index contributed by atoms with van der Waals surface area (Å²) >= 11 is 0. The van der Waals surface area contributed by atoms with E-state index in [4.69, 9.17) is 4.74 Å². The highest BCUT2D eigenvalue weighted by Crippen LogP contribution is 2.49. The number of hydrogen-bond acceptors (Lipinski definition) is 3. The zero-order valence-corrected chi connectivity index (χ0v) is 16.2. The van der Waals surface area contributed by atoms with Gasteiger partial charge in [0.1, 0.15) is 12.4 Å². The topological polar surface area (TPSA) is 43.4 Å². The van der Waals surface area contributed by atoms with Gasteiger partial charge in [0.25, 0.3) is 0 Å². The molecule has 0 fully saturated rings. The van der Waals surface area contributed by atoms with Crippen LogP contribution in [0.5, 0.6) is 0 Å². The molecule has 2 aliphatic carbocycles. The van der Waals surface area contributed by atoms with E-state index in [0.717, 1.165) is 37.5 Å². The first kappa shape index (κ1) is 19.7. The maximum atomic E-state index is 11.6. The summed E-state index contributed by atoms with van der Waals surface area (Å²) in [7, 11) is 0. The molecule has 0 bridgehead atoms. The smallest absolute Gasteiger partial charge is 0.303 e. The van der Waals surface area contributed by atoms with E-state index in [1.807, 2.05) is 6.92 Å². The quantitative estimate of drug-likeness (QED) is 0.410. The van der Waals surface area contributed by atoms with Gasteiger partial charge < -0.3 is 9.53 Å². The van der Waals surface area contributed by atoms with Crippen molar-refractivity contribution in [1.29, 1.82) is 0 Å². The fourth-order valence-corrected chi connectivity index (χ4v) is 4.16. The Hall–Kier alpha value is -1.64. The van der Waals surface area contributed by atoms with Crippen molar-refractivity contribution in [3.63, 3.8) is 0 Å². The number of carbonyl (C=O) groups excluding carboxylic acids is 2. The maximum absolute atomic E-state index is 11.6. The maximum Gasteiger partial charge on any atom is 0.303 e. The second-order valence-corrected chi connectivity index (χ2v) is 8.14. The largest absolute Gasteiger partial charge is 0.458 e. The minimum absolute atomic E-state index is 0.0239. The molecule has 4 atom stereocenters. The third-order valence-corrected chi connectivity index (χ3v) is 5.77. The SMILES string of the molecule is CC(=O)O[C@H]1C[C@@H]2C(C(C)C)=CC[C@@]2(C)/C=C/C(C=O)CC/C=C/1C. The number of hydrogen-bond donors (Lipinski definition) is 0. The van der Waals surface area contributed by atoms with E-state index in [1.54, 1.807) is 0 Å². The van der Waals surface area contributed by atoms with Crippen molar-refractivity contribution in [3.8, 4) is 0 Å². The summed E-state index contributed by atoms with van der Waals surface area (Å²) < 4.78 is 5.68. The Morgan fingerprint density at radius 3 is 2.68 bits per heavy atom. The van der Waals surface area contributed by atoms with Gasteiger partial charge in [-0.3, -0.25) is 4.79 Å². The molecule has 138 valence electrons. The monoisotopic (exact) mass is 344 g/mol. The second-order valence-electron chi connectivity index (χ2n) is 8.14. The number of ether oxygens (including phenoxy) is 1. The Morgan fingerprint density at radius 2 is 2.08 bits per heavy atom. The van der Waals surface area contributed by atoms with Gasteiger partial charge in [-0.1, -0.05) is 50.6 Å². The van der Waals surface area contributed by atoms with Gasteiger partial charge >= 0.3 is 5.97 Å². The molecule has 0 spiro atoms. The molecular weight excluding hydrogens is 312 g/mol. The van der Waals surface area contributed by atoms with E-state index < -0.39 is 0 Å². The molecule has 0 heterocycles. The van der Waals surface area contributed by atoms with Gasteiger partial charge in [-0.2, -0.15) is 0 Å². The van der Waals surface area contributed by atoms with Crippen LogP contribution < -0.4 is 0 Å². The van der Waals surface area contributed by atoms with Crippen molar-refractivity contribution < 1.29 is 14.3 Å². The number of fused-ring (bicyclic) bond motifs is 1. The van der Waals surface area contributed by atoms with Crippen molar-refractivity contribution in [2.24, 2.45) is 23.2 Å². The van der Waals surface area contributed by atoms with Crippen LogP contribution in [0.25, 0.3) is 0 Å². The van der Waals surface area contributed by atoms with Crippen molar-refractivity contribution in [2.45, 2.75) is 66.4 Å². The average molecular weight is 344 g/mol. The Bertz CT molecular complexity index is 596. The van der Waals surface area contributed by atoms with E-state index in [1.165, 1.54) is 12.5 Å². The molecule has 2 aliphatic rings. The number of esters is 1. The number of allylic oxidation sites excluding steroid dienone is 5. The van der Waals surface area contributed by atoms with Crippen LogP contribution in [0.15, 0.2) is 35.5 Å². The van der Waals surface area contributed by atoms with Gasteiger partial charge in [0.2, 0.25) is 0 Å². The molecule has 3 heteroatoms. The number of rotatable bonds is 3. The Labute approximate surface area is 152 Å². The van der Waals surface area contributed by atoms with E-state index in [2.05, 4.69) is 45.1 Å². The van der Waals surface area contributed by atoms with Crippen LogP contribution in [0, 0.1) is 23.2 Å². The normalized spacial score (nSPS) is 36.5. The molecule has 0 aromatic heterocycles. The number of aldehydes is 1. The summed E-state index contributed by atoms with van der Waals surface area (Å²) in [6.07, 6.45) is 13.1. The lowest BCUT2D eigenvalue weighted by Crippen LogP contribution is -2.30. The molecule has 1 unspecified atom stereocenters. The highest BCUT2D eigenvalue weighted by Gasteiger charge is 2.41. The van der Waals surface area contributed by atoms with Crippen molar-refractivity contribution in [1.82, 2.24) is 0 Å². The molecule has 0 aliphatic heterocycles. The van der Waals surface area contributed by atoms with Crippen LogP contribution in [-0.2, 0) is 14.3 Å². The van der Waals surface area contributed by atoms with Gasteiger partial charge in [-0.15, -0.1) is 0 Å². The second kappa shape index (κ2) is 8.16. The van der Waals surface area contributed by atoms with Crippen LogP contribution >= 0.6 is 0 Å². The lowest BCUT2D eigenvalue weighted by molar-refractivity contribution is -0.145. The van der Waals surface area contributed by atoms with E-state index >= 15 is 0 Å². The summed E-state index contributed by atoms with van der Waals surface area (Å²) in [5.74, 6) is 0.509. The highest BCUT2D eigenvalue weighted by atomic mass is 16.5. The van der Waals surface area contributed by atoms with Crippen molar-refractivity contribution in [2.75, 3.05) is 0 Å². The lowest BCUT2D eigenvalue weighted by atomic mass is 9.71. The zero-order valence-electron chi connectivity index (χ0n) is 16.2. The first-order chi connectivity index (χ1) is 11.8. The van der Waals surface area contributed by atoms with Crippen LogP contribution in [0.2, 0.25) is 0 Å². The predicted molar refractivity (Wildman–Crippen MR) is 101 cm³/mol. The third-order valence-electron chi connectivity index (χ3n) is 5.77. The molecule has 0 saturated heterocycles. The molecule has 0 aromatic rings. The molecule has 2 rings (SSSR count). The summed E-state index contributed by atoms with van der Waals surface area (Å²) in [4.78, 5) is 23.1. The Morgan fingerprint density at radius 1 is 1.36 bits per heavy atom. The van der Waals surface area contributed by atoms with E-state index in [0.29, 0.717) is 11.8 Å². The third kappa shape index (κ3) is 4.71. The predicted octanol–water partition coefficient (Wildman–Crippen LogP) is 5.03. The summed E-state index contributed by atoms with van der Waals surface area (Å²) in [5.41, 5.74) is 2.52. The summed E-state index contributed by atoms with van der Waals surface area (Å²) in [6.45, 7) is 10.2.